The maximum Gasteiger partial charge on any atom is 0.164 e. The maximum atomic E-state index is 11.8. The Bertz CT molecular complexity index is 284. The van der Waals surface area contributed by atoms with Crippen molar-refractivity contribution in [1.82, 2.24) is 0 Å². The number of ketones is 2. The highest BCUT2D eigenvalue weighted by Gasteiger charge is 2.39. The van der Waals surface area contributed by atoms with Gasteiger partial charge in [0.05, 0.1) is 6.07 Å². The van der Waals surface area contributed by atoms with Crippen LogP contribution in [0.4, 0.5) is 0 Å². The number of hydrogen-bond acceptors (Lipinski definition) is 3. The second kappa shape index (κ2) is 4.14. The fraction of sp³-hybridized carbons (Fsp3) is 0.750. The van der Waals surface area contributed by atoms with E-state index < -0.39 is 16.7 Å². The molecule has 0 radical (unpaired) electrons. The van der Waals surface area contributed by atoms with Gasteiger partial charge in [0.1, 0.15) is 0 Å². The highest BCUT2D eigenvalue weighted by molar-refractivity contribution is 6.08. The highest BCUT2D eigenvalue weighted by atomic mass is 16.2. The van der Waals surface area contributed by atoms with E-state index in [-0.39, 0.29) is 11.6 Å². The molecule has 0 aromatic carbocycles. The molecule has 0 saturated carbocycles. The smallest absolute Gasteiger partial charge is 0.164 e. The quantitative estimate of drug-likeness (QED) is 0.656. The fourth-order valence-electron chi connectivity index (χ4n) is 1.10. The molecule has 3 heteroatoms. The van der Waals surface area contributed by atoms with Crippen molar-refractivity contribution in [3.63, 3.8) is 0 Å². The number of nitriles is 1. The summed E-state index contributed by atoms with van der Waals surface area (Å²) >= 11 is 0. The summed E-state index contributed by atoms with van der Waals surface area (Å²) in [6.45, 7) is 10.3. The Morgan fingerprint density at radius 3 is 1.33 bits per heavy atom. The molecule has 0 bridgehead atoms. The van der Waals surface area contributed by atoms with Crippen molar-refractivity contribution in [2.24, 2.45) is 16.7 Å². The standard InChI is InChI=1S/C12H19NO2/c1-11(2,3)9(14)8(7-13)10(15)12(4,5)6/h8H,1-6H3. The van der Waals surface area contributed by atoms with E-state index in [2.05, 4.69) is 0 Å². The molecular formula is C12H19NO2. The van der Waals surface area contributed by atoms with Crippen LogP contribution in [-0.4, -0.2) is 11.6 Å². The van der Waals surface area contributed by atoms with Crippen molar-refractivity contribution < 1.29 is 9.59 Å². The summed E-state index contributed by atoms with van der Waals surface area (Å²) in [6, 6.07) is 1.82. The minimum atomic E-state index is -1.13. The second-order valence-electron chi connectivity index (χ2n) is 5.79. The number of nitrogens with zero attached hydrogens (tertiary/aromatic N) is 1. The van der Waals surface area contributed by atoms with Gasteiger partial charge >= 0.3 is 0 Å². The van der Waals surface area contributed by atoms with E-state index in [1.54, 1.807) is 41.5 Å². The first-order valence-corrected chi connectivity index (χ1v) is 5.00. The molecular weight excluding hydrogens is 190 g/mol. The monoisotopic (exact) mass is 209 g/mol. The summed E-state index contributed by atoms with van der Waals surface area (Å²) in [5.74, 6) is -1.74. The van der Waals surface area contributed by atoms with Crippen molar-refractivity contribution in [2.45, 2.75) is 41.5 Å². The average Bonchev–Trinajstić information content (AvgIpc) is 2.01. The van der Waals surface area contributed by atoms with Gasteiger partial charge in [0.2, 0.25) is 0 Å². The predicted octanol–water partition coefficient (Wildman–Crippen LogP) is 2.36. The molecule has 0 saturated heterocycles. The zero-order chi connectivity index (χ0) is 12.4. The Kier molecular flexibility index (Phi) is 3.82. The van der Waals surface area contributed by atoms with Gasteiger partial charge in [-0.05, 0) is 0 Å². The topological polar surface area (TPSA) is 57.9 Å². The fourth-order valence-corrected chi connectivity index (χ4v) is 1.10. The van der Waals surface area contributed by atoms with E-state index in [1.165, 1.54) is 0 Å². The summed E-state index contributed by atoms with van der Waals surface area (Å²) in [4.78, 5) is 23.7. The van der Waals surface area contributed by atoms with Crippen LogP contribution in [0, 0.1) is 28.1 Å². The van der Waals surface area contributed by atoms with Crippen LogP contribution in [0.25, 0.3) is 0 Å². The lowest BCUT2D eigenvalue weighted by atomic mass is 9.75. The van der Waals surface area contributed by atoms with Crippen molar-refractivity contribution in [2.75, 3.05) is 0 Å². The van der Waals surface area contributed by atoms with Crippen LogP contribution in [0.3, 0.4) is 0 Å². The normalized spacial score (nSPS) is 12.4. The minimum Gasteiger partial charge on any atom is -0.297 e. The summed E-state index contributed by atoms with van der Waals surface area (Å²) in [6.07, 6.45) is 0. The Hall–Kier alpha value is -1.17. The Morgan fingerprint density at radius 2 is 1.20 bits per heavy atom. The van der Waals surface area contributed by atoms with Crippen LogP contribution in [0.5, 0.6) is 0 Å². The first kappa shape index (κ1) is 13.8. The predicted molar refractivity (Wildman–Crippen MR) is 58.0 cm³/mol. The van der Waals surface area contributed by atoms with Gasteiger partial charge in [0, 0.05) is 10.8 Å². The van der Waals surface area contributed by atoms with Crippen LogP contribution in [0.15, 0.2) is 0 Å². The van der Waals surface area contributed by atoms with Crippen molar-refractivity contribution >= 4 is 11.6 Å². The number of hydrogen-bond donors (Lipinski definition) is 0. The van der Waals surface area contributed by atoms with E-state index in [0.29, 0.717) is 0 Å². The lowest BCUT2D eigenvalue weighted by Gasteiger charge is -2.24. The molecule has 84 valence electrons. The third kappa shape index (κ3) is 3.47. The van der Waals surface area contributed by atoms with Gasteiger partial charge in [0.25, 0.3) is 0 Å². The largest absolute Gasteiger partial charge is 0.297 e. The van der Waals surface area contributed by atoms with Gasteiger partial charge in [-0.3, -0.25) is 9.59 Å². The molecule has 0 atom stereocenters. The van der Waals surface area contributed by atoms with Crippen molar-refractivity contribution in [3.05, 3.63) is 0 Å². The number of Topliss-reactive ketones (excluding diaryl/α,β-unsaturated/α-hetero) is 2. The molecule has 0 unspecified atom stereocenters. The van der Waals surface area contributed by atoms with Gasteiger partial charge in [-0.25, -0.2) is 0 Å². The van der Waals surface area contributed by atoms with Crippen LogP contribution >= 0.6 is 0 Å². The Morgan fingerprint density at radius 1 is 0.933 bits per heavy atom. The van der Waals surface area contributed by atoms with Gasteiger partial charge in [-0.2, -0.15) is 5.26 Å². The molecule has 0 N–H and O–H groups in total. The highest BCUT2D eigenvalue weighted by Crippen LogP contribution is 2.26. The van der Waals surface area contributed by atoms with Crippen LogP contribution < -0.4 is 0 Å². The van der Waals surface area contributed by atoms with Crippen LogP contribution in [-0.2, 0) is 9.59 Å². The van der Waals surface area contributed by atoms with Gasteiger partial charge in [-0.15, -0.1) is 0 Å². The molecule has 0 spiro atoms. The molecule has 0 aliphatic heterocycles. The SMILES string of the molecule is CC(C)(C)C(=O)C(C#N)C(=O)C(C)(C)C. The Balaban J connectivity index is 5.07. The van der Waals surface area contributed by atoms with Gasteiger partial charge in [-0.1, -0.05) is 41.5 Å². The zero-order valence-electron chi connectivity index (χ0n) is 10.3. The maximum absolute atomic E-state index is 11.8. The second-order valence-corrected chi connectivity index (χ2v) is 5.79. The van der Waals surface area contributed by atoms with Gasteiger partial charge in [0.15, 0.2) is 17.5 Å². The summed E-state index contributed by atoms with van der Waals surface area (Å²) in [5.41, 5.74) is -1.30. The summed E-state index contributed by atoms with van der Waals surface area (Å²) in [7, 11) is 0. The number of rotatable bonds is 2. The number of carbonyl (C=O) groups excluding carboxylic acids is 2. The first-order valence-electron chi connectivity index (χ1n) is 5.00. The van der Waals surface area contributed by atoms with Crippen molar-refractivity contribution in [1.29, 1.82) is 5.26 Å². The lowest BCUT2D eigenvalue weighted by Crippen LogP contribution is -2.38. The molecule has 0 fully saturated rings. The molecule has 0 amide bonds. The van der Waals surface area contributed by atoms with E-state index in [0.717, 1.165) is 0 Å². The molecule has 0 aliphatic rings. The molecule has 0 aromatic rings. The average molecular weight is 209 g/mol. The van der Waals surface area contributed by atoms with E-state index in [9.17, 15) is 9.59 Å². The van der Waals surface area contributed by atoms with E-state index in [4.69, 9.17) is 5.26 Å². The zero-order valence-corrected chi connectivity index (χ0v) is 10.3. The van der Waals surface area contributed by atoms with Crippen LogP contribution in [0.2, 0.25) is 0 Å². The molecule has 0 aromatic heterocycles. The van der Waals surface area contributed by atoms with E-state index in [1.807, 2.05) is 6.07 Å². The minimum absolute atomic E-state index is 0.301. The molecule has 3 nitrogen and oxygen atoms in total. The molecule has 0 rings (SSSR count). The van der Waals surface area contributed by atoms with Crippen molar-refractivity contribution in [3.8, 4) is 6.07 Å². The third-order valence-electron chi connectivity index (χ3n) is 2.13. The molecule has 0 heterocycles. The third-order valence-corrected chi connectivity index (χ3v) is 2.13. The van der Waals surface area contributed by atoms with Gasteiger partial charge < -0.3 is 0 Å². The Labute approximate surface area is 91.5 Å². The van der Waals surface area contributed by atoms with Crippen LogP contribution in [0.1, 0.15) is 41.5 Å². The first-order chi connectivity index (χ1) is 6.51. The molecule has 0 aliphatic carbocycles. The molecule has 15 heavy (non-hydrogen) atoms. The summed E-state index contributed by atoms with van der Waals surface area (Å²) in [5, 5.41) is 8.90. The lowest BCUT2D eigenvalue weighted by molar-refractivity contribution is -0.139. The van der Waals surface area contributed by atoms with E-state index >= 15 is 0 Å². The number of carbonyl (C=O) groups is 2. The summed E-state index contributed by atoms with van der Waals surface area (Å²) < 4.78 is 0.